The first-order valence-corrected chi connectivity index (χ1v) is 12.6. The van der Waals surface area contributed by atoms with E-state index in [2.05, 4.69) is 19.9 Å². The molecule has 0 spiro atoms. The highest BCUT2D eigenvalue weighted by Crippen LogP contribution is 2.53. The topological polar surface area (TPSA) is 23.8 Å². The van der Waals surface area contributed by atoms with E-state index in [0.717, 1.165) is 36.0 Å². The van der Waals surface area contributed by atoms with Gasteiger partial charge in [0.25, 0.3) is 0 Å². The Balaban J connectivity index is 1.44. The predicted octanol–water partition coefficient (Wildman–Crippen LogP) is 8.29. The van der Waals surface area contributed by atoms with Gasteiger partial charge in [0.1, 0.15) is 0 Å². The normalized spacial score (nSPS) is 39.5. The van der Waals surface area contributed by atoms with Crippen LogP contribution in [0.15, 0.2) is 0 Å². The molecule has 0 aromatic carbocycles. The van der Waals surface area contributed by atoms with Gasteiger partial charge >= 0.3 is 0 Å². The zero-order chi connectivity index (χ0) is 19.1. The average molecular weight is 372 g/mol. The first-order valence-electron chi connectivity index (χ1n) is 12.6. The third-order valence-corrected chi connectivity index (χ3v) is 8.85. The summed E-state index contributed by atoms with van der Waals surface area (Å²) in [7, 11) is 0. The van der Waals surface area contributed by atoms with E-state index in [0.29, 0.717) is 0 Å². The first-order chi connectivity index (χ1) is 13.2. The Morgan fingerprint density at radius 2 is 1.44 bits per heavy atom. The molecule has 0 aliphatic heterocycles. The van der Waals surface area contributed by atoms with Gasteiger partial charge in [-0.05, 0) is 87.4 Å². The summed E-state index contributed by atoms with van der Waals surface area (Å²) >= 11 is 0. The molecule has 0 radical (unpaired) electrons. The van der Waals surface area contributed by atoms with Gasteiger partial charge in [-0.2, -0.15) is 5.26 Å². The fourth-order valence-electron chi connectivity index (χ4n) is 7.01. The van der Waals surface area contributed by atoms with Gasteiger partial charge in [0.05, 0.1) is 11.5 Å². The number of rotatable bonds is 8. The van der Waals surface area contributed by atoms with Crippen LogP contribution in [0, 0.1) is 46.3 Å². The van der Waals surface area contributed by atoms with Crippen LogP contribution in [0.3, 0.4) is 0 Å². The highest BCUT2D eigenvalue weighted by atomic mass is 14.5. The Morgan fingerprint density at radius 3 is 2.15 bits per heavy atom. The van der Waals surface area contributed by atoms with Gasteiger partial charge in [0.15, 0.2) is 0 Å². The summed E-state index contributed by atoms with van der Waals surface area (Å²) in [5.74, 6) is 4.93. The van der Waals surface area contributed by atoms with Crippen molar-refractivity contribution < 1.29 is 0 Å². The second-order valence-corrected chi connectivity index (χ2v) is 10.6. The molecule has 0 saturated heterocycles. The molecule has 0 amide bonds. The van der Waals surface area contributed by atoms with Crippen molar-refractivity contribution in [2.75, 3.05) is 0 Å². The van der Waals surface area contributed by atoms with Crippen LogP contribution in [-0.2, 0) is 0 Å². The summed E-state index contributed by atoms with van der Waals surface area (Å²) in [5.41, 5.74) is 0.0422. The number of hydrogen-bond donors (Lipinski definition) is 0. The number of unbranched alkanes of at least 4 members (excludes halogenated alkanes) is 3. The van der Waals surface area contributed by atoms with Crippen LogP contribution in [-0.4, -0.2) is 0 Å². The minimum atomic E-state index is 0.0422. The van der Waals surface area contributed by atoms with E-state index in [1.165, 1.54) is 103 Å². The fourth-order valence-corrected chi connectivity index (χ4v) is 7.01. The zero-order valence-electron chi connectivity index (χ0n) is 18.4. The Kier molecular flexibility index (Phi) is 8.10. The first kappa shape index (κ1) is 21.2. The summed E-state index contributed by atoms with van der Waals surface area (Å²) in [6.07, 6.45) is 23.7. The van der Waals surface area contributed by atoms with Gasteiger partial charge in [-0.1, -0.05) is 65.2 Å². The van der Waals surface area contributed by atoms with Crippen molar-refractivity contribution in [3.8, 4) is 6.07 Å². The molecular weight excluding hydrogens is 326 g/mol. The molecule has 0 aromatic heterocycles. The van der Waals surface area contributed by atoms with Crippen LogP contribution in [0.2, 0.25) is 0 Å². The van der Waals surface area contributed by atoms with Crippen molar-refractivity contribution in [3.63, 3.8) is 0 Å². The predicted molar refractivity (Wildman–Crippen MR) is 115 cm³/mol. The van der Waals surface area contributed by atoms with Crippen LogP contribution in [0.1, 0.15) is 123 Å². The van der Waals surface area contributed by atoms with Crippen molar-refractivity contribution >= 4 is 0 Å². The molecule has 0 bridgehead atoms. The van der Waals surface area contributed by atoms with Gasteiger partial charge in [-0.15, -0.1) is 0 Å². The maximum absolute atomic E-state index is 9.87. The standard InChI is InChI=1S/C26H45N/c1-3-5-7-8-21-9-11-22(12-10-21)23-13-14-25-19-26(20-27,16-6-4-2)17-15-24(25)18-23/h21-25H,3-19H2,1-2H3/t21?,22?,23-,24+,25+,26-/m0/s1. The van der Waals surface area contributed by atoms with E-state index in [1.807, 2.05) is 0 Å². The highest BCUT2D eigenvalue weighted by molar-refractivity contribution is 5.04. The minimum absolute atomic E-state index is 0.0422. The largest absolute Gasteiger partial charge is 0.198 e. The van der Waals surface area contributed by atoms with Crippen LogP contribution < -0.4 is 0 Å². The number of hydrogen-bond acceptors (Lipinski definition) is 1. The maximum atomic E-state index is 9.87. The molecule has 3 fully saturated rings. The monoisotopic (exact) mass is 371 g/mol. The van der Waals surface area contributed by atoms with Crippen LogP contribution in [0.25, 0.3) is 0 Å². The van der Waals surface area contributed by atoms with Crippen molar-refractivity contribution in [2.24, 2.45) is 35.0 Å². The Bertz CT molecular complexity index is 469. The second-order valence-electron chi connectivity index (χ2n) is 10.6. The number of nitriles is 1. The highest BCUT2D eigenvalue weighted by Gasteiger charge is 2.44. The molecule has 3 rings (SSSR count). The van der Waals surface area contributed by atoms with Crippen LogP contribution in [0.5, 0.6) is 0 Å². The molecule has 3 aliphatic rings. The van der Waals surface area contributed by atoms with Crippen molar-refractivity contribution in [3.05, 3.63) is 0 Å². The van der Waals surface area contributed by atoms with Gasteiger partial charge in [-0.25, -0.2) is 0 Å². The molecule has 1 nitrogen and oxygen atoms in total. The molecule has 0 heterocycles. The fraction of sp³-hybridized carbons (Fsp3) is 0.962. The molecule has 3 saturated carbocycles. The van der Waals surface area contributed by atoms with Gasteiger partial charge < -0.3 is 0 Å². The van der Waals surface area contributed by atoms with E-state index >= 15 is 0 Å². The van der Waals surface area contributed by atoms with Gasteiger partial charge in [0.2, 0.25) is 0 Å². The lowest BCUT2D eigenvalue weighted by Gasteiger charge is -2.47. The van der Waals surface area contributed by atoms with E-state index in [4.69, 9.17) is 0 Å². The molecule has 4 atom stereocenters. The minimum Gasteiger partial charge on any atom is -0.198 e. The SMILES string of the molecule is CCCCCC1CCC([C@H]2CC[C@@H]3C[C@](C#N)(CCCC)CC[C@@H]3C2)CC1. The molecule has 0 unspecified atom stereocenters. The smallest absolute Gasteiger partial charge is 0.0689 e. The maximum Gasteiger partial charge on any atom is 0.0689 e. The summed E-state index contributed by atoms with van der Waals surface area (Å²) in [6.45, 7) is 4.59. The van der Waals surface area contributed by atoms with Crippen LogP contribution >= 0.6 is 0 Å². The van der Waals surface area contributed by atoms with Gasteiger partial charge in [0, 0.05) is 0 Å². The molecular formula is C26H45N. The zero-order valence-corrected chi connectivity index (χ0v) is 18.4. The summed E-state index contributed by atoms with van der Waals surface area (Å²) < 4.78 is 0. The molecule has 0 N–H and O–H groups in total. The van der Waals surface area contributed by atoms with E-state index in [1.54, 1.807) is 0 Å². The summed E-state index contributed by atoms with van der Waals surface area (Å²) in [4.78, 5) is 0. The van der Waals surface area contributed by atoms with E-state index in [-0.39, 0.29) is 5.41 Å². The third kappa shape index (κ3) is 5.52. The molecule has 3 aliphatic carbocycles. The lowest BCUT2D eigenvalue weighted by Crippen LogP contribution is -2.38. The second kappa shape index (κ2) is 10.3. The lowest BCUT2D eigenvalue weighted by molar-refractivity contribution is 0.0379. The number of fused-ring (bicyclic) bond motifs is 1. The molecule has 0 aromatic rings. The Morgan fingerprint density at radius 1 is 0.778 bits per heavy atom. The molecule has 154 valence electrons. The number of nitrogens with zero attached hydrogens (tertiary/aromatic N) is 1. The molecule has 1 heteroatoms. The quantitative estimate of drug-likeness (QED) is 0.394. The summed E-state index contributed by atoms with van der Waals surface area (Å²) in [6, 6.07) is 2.79. The van der Waals surface area contributed by atoms with E-state index < -0.39 is 0 Å². The van der Waals surface area contributed by atoms with Crippen molar-refractivity contribution in [2.45, 2.75) is 123 Å². The van der Waals surface area contributed by atoms with Crippen LogP contribution in [0.4, 0.5) is 0 Å². The Hall–Kier alpha value is -0.510. The third-order valence-electron chi connectivity index (χ3n) is 8.85. The van der Waals surface area contributed by atoms with Crippen molar-refractivity contribution in [1.82, 2.24) is 0 Å². The van der Waals surface area contributed by atoms with Crippen molar-refractivity contribution in [1.29, 1.82) is 5.26 Å². The summed E-state index contributed by atoms with van der Waals surface area (Å²) in [5, 5.41) is 9.87. The van der Waals surface area contributed by atoms with E-state index in [9.17, 15) is 5.26 Å². The van der Waals surface area contributed by atoms with Gasteiger partial charge in [-0.3, -0.25) is 0 Å². The Labute approximate surface area is 169 Å². The average Bonchev–Trinajstić information content (AvgIpc) is 2.72. The lowest BCUT2D eigenvalue weighted by atomic mass is 9.57. The molecule has 27 heavy (non-hydrogen) atoms.